The molecule has 0 amide bonds. The number of hydrogen-bond acceptors (Lipinski definition) is 3. The number of likely N-dealkylation sites (tertiary alicyclic amines) is 1. The Labute approximate surface area is 67.6 Å². The Morgan fingerprint density at radius 2 is 2.36 bits per heavy atom. The molecule has 2 N–H and O–H groups in total. The van der Waals surface area contributed by atoms with Gasteiger partial charge in [-0.3, -0.25) is 4.90 Å². The summed E-state index contributed by atoms with van der Waals surface area (Å²) in [6.45, 7) is 4.35. The quantitative estimate of drug-likeness (QED) is 0.600. The molecule has 0 aliphatic carbocycles. The van der Waals surface area contributed by atoms with Crippen LogP contribution in [0.4, 0.5) is 0 Å². The molecule has 0 saturated carbocycles. The van der Waals surface area contributed by atoms with E-state index < -0.39 is 0 Å². The van der Waals surface area contributed by atoms with Crippen LogP contribution in [0.25, 0.3) is 0 Å². The van der Waals surface area contributed by atoms with Gasteiger partial charge in [-0.25, -0.2) is 0 Å². The second-order valence-electron chi connectivity index (χ2n) is 3.26. The summed E-state index contributed by atoms with van der Waals surface area (Å²) in [5, 5.41) is 18.4. The van der Waals surface area contributed by atoms with Gasteiger partial charge in [0.15, 0.2) is 0 Å². The van der Waals surface area contributed by atoms with E-state index in [1.54, 1.807) is 0 Å². The van der Waals surface area contributed by atoms with Crippen molar-refractivity contribution in [2.24, 2.45) is 0 Å². The molecule has 1 aliphatic heterocycles. The van der Waals surface area contributed by atoms with E-state index in [2.05, 4.69) is 4.90 Å². The molecule has 0 aromatic heterocycles. The average molecular weight is 159 g/mol. The highest BCUT2D eigenvalue weighted by Crippen LogP contribution is 2.09. The van der Waals surface area contributed by atoms with Crippen molar-refractivity contribution < 1.29 is 10.2 Å². The Kier molecular flexibility index (Phi) is 3.30. The molecule has 3 heteroatoms. The number of nitrogens with zero attached hydrogens (tertiary/aromatic N) is 1. The van der Waals surface area contributed by atoms with E-state index in [0.29, 0.717) is 6.54 Å². The Hall–Kier alpha value is -0.120. The molecule has 0 radical (unpaired) electrons. The smallest absolute Gasteiger partial charge is 0.0679 e. The third-order valence-corrected chi connectivity index (χ3v) is 2.19. The fourth-order valence-electron chi connectivity index (χ4n) is 1.41. The maximum absolute atomic E-state index is 9.28. The van der Waals surface area contributed by atoms with E-state index in [-0.39, 0.29) is 12.2 Å². The summed E-state index contributed by atoms with van der Waals surface area (Å²) < 4.78 is 0. The van der Waals surface area contributed by atoms with Crippen LogP contribution < -0.4 is 0 Å². The third kappa shape index (κ3) is 2.77. The molecule has 1 aliphatic rings. The molecule has 0 aromatic rings. The summed E-state index contributed by atoms with van der Waals surface area (Å²) in [6, 6.07) is 0. The third-order valence-electron chi connectivity index (χ3n) is 2.19. The van der Waals surface area contributed by atoms with E-state index in [1.807, 2.05) is 6.92 Å². The number of aliphatic hydroxyl groups is 2. The number of rotatable bonds is 3. The molecular formula is C8H17NO2. The molecule has 2 atom stereocenters. The zero-order valence-corrected chi connectivity index (χ0v) is 7.03. The number of β-amino-alcohol motifs (C(OH)–C–C–N with tert-alkyl or cyclic N) is 2. The maximum atomic E-state index is 9.28. The predicted octanol–water partition coefficient (Wildman–Crippen LogP) is -0.176. The van der Waals surface area contributed by atoms with Crippen molar-refractivity contribution in [1.29, 1.82) is 0 Å². The molecule has 0 spiro atoms. The van der Waals surface area contributed by atoms with Crippen LogP contribution in [-0.2, 0) is 0 Å². The highest BCUT2D eigenvalue weighted by molar-refractivity contribution is 4.75. The number of aliphatic hydroxyl groups excluding tert-OH is 2. The van der Waals surface area contributed by atoms with E-state index in [9.17, 15) is 5.11 Å². The average Bonchev–Trinajstić information content (AvgIpc) is 2.35. The van der Waals surface area contributed by atoms with Gasteiger partial charge in [0.05, 0.1) is 12.2 Å². The van der Waals surface area contributed by atoms with Gasteiger partial charge in [-0.05, 0) is 12.8 Å². The van der Waals surface area contributed by atoms with Crippen molar-refractivity contribution in [3.8, 4) is 0 Å². The van der Waals surface area contributed by atoms with Gasteiger partial charge in [-0.2, -0.15) is 0 Å². The Bertz CT molecular complexity index is 119. The van der Waals surface area contributed by atoms with Gasteiger partial charge >= 0.3 is 0 Å². The van der Waals surface area contributed by atoms with Crippen LogP contribution in [-0.4, -0.2) is 47.0 Å². The summed E-state index contributed by atoms with van der Waals surface area (Å²) in [5.41, 5.74) is 0. The molecule has 1 rings (SSSR count). The Morgan fingerprint density at radius 1 is 1.64 bits per heavy atom. The van der Waals surface area contributed by atoms with Crippen LogP contribution in [0.15, 0.2) is 0 Å². The first kappa shape index (κ1) is 8.97. The van der Waals surface area contributed by atoms with Crippen molar-refractivity contribution >= 4 is 0 Å². The standard InChI is InChI=1S/C8H17NO2/c1-2-7(10)5-9-4-3-8(11)6-9/h7-8,10-11H,2-6H2,1H3. The zero-order valence-electron chi connectivity index (χ0n) is 7.03. The van der Waals surface area contributed by atoms with Gasteiger partial charge in [0.25, 0.3) is 0 Å². The maximum Gasteiger partial charge on any atom is 0.0679 e. The van der Waals surface area contributed by atoms with E-state index in [0.717, 1.165) is 25.9 Å². The molecule has 1 fully saturated rings. The Morgan fingerprint density at radius 3 is 2.82 bits per heavy atom. The highest BCUT2D eigenvalue weighted by atomic mass is 16.3. The van der Waals surface area contributed by atoms with Gasteiger partial charge < -0.3 is 10.2 Å². The fourth-order valence-corrected chi connectivity index (χ4v) is 1.41. The molecule has 2 unspecified atom stereocenters. The highest BCUT2D eigenvalue weighted by Gasteiger charge is 2.21. The molecule has 1 saturated heterocycles. The lowest BCUT2D eigenvalue weighted by molar-refractivity contribution is 0.110. The van der Waals surface area contributed by atoms with Crippen LogP contribution in [0.5, 0.6) is 0 Å². The summed E-state index contributed by atoms with van der Waals surface area (Å²) in [7, 11) is 0. The lowest BCUT2D eigenvalue weighted by Crippen LogP contribution is -2.30. The summed E-state index contributed by atoms with van der Waals surface area (Å²) in [4.78, 5) is 2.11. The van der Waals surface area contributed by atoms with Crippen molar-refractivity contribution in [1.82, 2.24) is 4.90 Å². The minimum Gasteiger partial charge on any atom is -0.392 e. The first-order valence-corrected chi connectivity index (χ1v) is 4.31. The second-order valence-corrected chi connectivity index (χ2v) is 3.26. The van der Waals surface area contributed by atoms with Crippen molar-refractivity contribution in [2.45, 2.75) is 32.0 Å². The van der Waals surface area contributed by atoms with E-state index in [4.69, 9.17) is 5.11 Å². The lowest BCUT2D eigenvalue weighted by Gasteiger charge is -2.17. The zero-order chi connectivity index (χ0) is 8.27. The van der Waals surface area contributed by atoms with Gasteiger partial charge in [-0.15, -0.1) is 0 Å². The SMILES string of the molecule is CCC(O)CN1CCC(O)C1. The molecule has 0 bridgehead atoms. The van der Waals surface area contributed by atoms with Gasteiger partial charge in [0.2, 0.25) is 0 Å². The molecule has 11 heavy (non-hydrogen) atoms. The minimum absolute atomic E-state index is 0.168. The first-order valence-electron chi connectivity index (χ1n) is 4.31. The monoisotopic (exact) mass is 159 g/mol. The van der Waals surface area contributed by atoms with Crippen molar-refractivity contribution in [3.63, 3.8) is 0 Å². The summed E-state index contributed by atoms with van der Waals surface area (Å²) in [6.07, 6.45) is 1.27. The van der Waals surface area contributed by atoms with Crippen molar-refractivity contribution in [3.05, 3.63) is 0 Å². The van der Waals surface area contributed by atoms with Crippen LogP contribution in [0.1, 0.15) is 19.8 Å². The number of hydrogen-bond donors (Lipinski definition) is 2. The van der Waals surface area contributed by atoms with Gasteiger partial charge in [-0.1, -0.05) is 6.92 Å². The van der Waals surface area contributed by atoms with Gasteiger partial charge in [0, 0.05) is 19.6 Å². The van der Waals surface area contributed by atoms with Crippen LogP contribution in [0, 0.1) is 0 Å². The second kappa shape index (κ2) is 4.04. The van der Waals surface area contributed by atoms with Crippen LogP contribution in [0.3, 0.4) is 0 Å². The Balaban J connectivity index is 2.17. The lowest BCUT2D eigenvalue weighted by atomic mass is 10.2. The molecular weight excluding hydrogens is 142 g/mol. The summed E-state index contributed by atoms with van der Waals surface area (Å²) in [5.74, 6) is 0. The predicted molar refractivity (Wildman–Crippen MR) is 43.4 cm³/mol. The van der Waals surface area contributed by atoms with E-state index >= 15 is 0 Å². The minimum atomic E-state index is -0.222. The molecule has 0 aromatic carbocycles. The van der Waals surface area contributed by atoms with E-state index in [1.165, 1.54) is 0 Å². The van der Waals surface area contributed by atoms with Gasteiger partial charge in [0.1, 0.15) is 0 Å². The van der Waals surface area contributed by atoms with Crippen LogP contribution >= 0.6 is 0 Å². The largest absolute Gasteiger partial charge is 0.392 e. The van der Waals surface area contributed by atoms with Crippen molar-refractivity contribution in [2.75, 3.05) is 19.6 Å². The molecule has 1 heterocycles. The molecule has 3 nitrogen and oxygen atoms in total. The fraction of sp³-hybridized carbons (Fsp3) is 1.00. The normalized spacial score (nSPS) is 29.2. The first-order chi connectivity index (χ1) is 5.22. The molecule has 66 valence electrons. The summed E-state index contributed by atoms with van der Waals surface area (Å²) >= 11 is 0. The topological polar surface area (TPSA) is 43.7 Å². The van der Waals surface area contributed by atoms with Crippen LogP contribution in [0.2, 0.25) is 0 Å².